The van der Waals surface area contributed by atoms with E-state index in [4.69, 9.17) is 5.11 Å². The van der Waals surface area contributed by atoms with Crippen LogP contribution in [0.5, 0.6) is 0 Å². The second-order valence-corrected chi connectivity index (χ2v) is 6.09. The van der Waals surface area contributed by atoms with Crippen LogP contribution in [-0.2, 0) is 23.7 Å². The number of carboxylic acid groups (broad SMARTS) is 2. The second-order valence-electron chi connectivity index (χ2n) is 6.09. The minimum absolute atomic E-state index is 0.129. The molecule has 0 bridgehead atoms. The van der Waals surface area contributed by atoms with Gasteiger partial charge in [0.2, 0.25) is 5.78 Å². The van der Waals surface area contributed by atoms with E-state index < -0.39 is 29.2 Å². The first-order valence-electron chi connectivity index (χ1n) is 7.75. The fraction of sp³-hybridized carbons (Fsp3) is 0.400. The summed E-state index contributed by atoms with van der Waals surface area (Å²) in [6.07, 6.45) is 1.07. The third kappa shape index (κ3) is 2.39. The Hall–Kier alpha value is -3.37. The first kappa shape index (κ1) is 17.5. The highest BCUT2D eigenvalue weighted by atomic mass is 16.4. The number of carbonyl (C=O) groups is 2. The minimum Gasteiger partial charge on any atom is -0.481 e. The van der Waals surface area contributed by atoms with Crippen molar-refractivity contribution in [2.24, 2.45) is 14.1 Å². The molecule has 3 rings (SSSR count). The van der Waals surface area contributed by atoms with E-state index in [0.29, 0.717) is 5.69 Å². The number of hydrogen-bond donors (Lipinski definition) is 2. The molecule has 0 aliphatic rings. The second kappa shape index (κ2) is 5.86. The van der Waals surface area contributed by atoms with Gasteiger partial charge in [-0.15, -0.1) is 0 Å². The van der Waals surface area contributed by atoms with Crippen molar-refractivity contribution in [3.63, 3.8) is 0 Å². The van der Waals surface area contributed by atoms with E-state index in [2.05, 4.69) is 4.98 Å². The van der Waals surface area contributed by atoms with Gasteiger partial charge >= 0.3 is 17.6 Å². The molecule has 3 aromatic rings. The van der Waals surface area contributed by atoms with Crippen LogP contribution in [0.2, 0.25) is 0 Å². The van der Waals surface area contributed by atoms with E-state index in [0.717, 1.165) is 4.57 Å². The van der Waals surface area contributed by atoms with Crippen molar-refractivity contribution < 1.29 is 19.8 Å². The Morgan fingerprint density at radius 2 is 1.85 bits per heavy atom. The smallest absolute Gasteiger partial charge is 0.332 e. The Morgan fingerprint density at radius 3 is 2.42 bits per heavy atom. The van der Waals surface area contributed by atoms with Crippen LogP contribution in [0.3, 0.4) is 0 Å². The molecule has 138 valence electrons. The largest absolute Gasteiger partial charge is 0.481 e. The normalized spacial score (nSPS) is 12.7. The van der Waals surface area contributed by atoms with Crippen molar-refractivity contribution in [2.75, 3.05) is 0 Å². The lowest BCUT2D eigenvalue weighted by Gasteiger charge is -2.15. The number of nitrogens with zero attached hydrogens (tertiary/aromatic N) is 5. The lowest BCUT2D eigenvalue weighted by atomic mass is 10.1. The summed E-state index contributed by atoms with van der Waals surface area (Å²) < 4.78 is 4.96. The number of carboxylic acids is 2. The summed E-state index contributed by atoms with van der Waals surface area (Å²) in [4.78, 5) is 51.4. The molecule has 11 nitrogen and oxygen atoms in total. The van der Waals surface area contributed by atoms with Crippen LogP contribution >= 0.6 is 0 Å². The van der Waals surface area contributed by atoms with E-state index in [-0.39, 0.29) is 29.8 Å². The first-order chi connectivity index (χ1) is 12.1. The first-order valence-corrected chi connectivity index (χ1v) is 7.75. The number of aliphatic carboxylic acids is 2. The van der Waals surface area contributed by atoms with Crippen molar-refractivity contribution in [1.82, 2.24) is 23.1 Å². The van der Waals surface area contributed by atoms with Crippen LogP contribution in [0.25, 0.3) is 16.9 Å². The molecule has 11 heteroatoms. The van der Waals surface area contributed by atoms with Gasteiger partial charge in [-0.05, 0) is 13.3 Å². The Kier molecular flexibility index (Phi) is 3.93. The van der Waals surface area contributed by atoms with Crippen molar-refractivity contribution >= 4 is 28.9 Å². The average molecular weight is 363 g/mol. The number of imidazole rings is 2. The Balaban J connectivity index is 2.36. The van der Waals surface area contributed by atoms with Crippen LogP contribution in [0.1, 0.15) is 24.6 Å². The molecule has 0 aliphatic carbocycles. The third-order valence-corrected chi connectivity index (χ3v) is 4.41. The van der Waals surface area contributed by atoms with E-state index in [1.807, 2.05) is 0 Å². The van der Waals surface area contributed by atoms with Crippen LogP contribution in [0.15, 0.2) is 15.8 Å². The van der Waals surface area contributed by atoms with Crippen LogP contribution in [-0.4, -0.2) is 45.2 Å². The molecule has 0 saturated carbocycles. The quantitative estimate of drug-likeness (QED) is 0.621. The molecule has 3 heterocycles. The number of aromatic nitrogens is 5. The molecule has 0 spiro atoms. The van der Waals surface area contributed by atoms with Gasteiger partial charge in [0.25, 0.3) is 5.56 Å². The summed E-state index contributed by atoms with van der Waals surface area (Å²) in [5.74, 6) is -2.16. The molecule has 26 heavy (non-hydrogen) atoms. The summed E-state index contributed by atoms with van der Waals surface area (Å²) in [6, 6.07) is -1.17. The van der Waals surface area contributed by atoms with Gasteiger partial charge in [-0.25, -0.2) is 9.59 Å². The zero-order valence-electron chi connectivity index (χ0n) is 14.3. The Morgan fingerprint density at radius 1 is 1.19 bits per heavy atom. The molecular weight excluding hydrogens is 346 g/mol. The SMILES string of the molecule is Cc1cn2c3c(=O)n(C)c(=O)n(C)c3nc2n1[C@H](CCC(=O)O)C(=O)O. The van der Waals surface area contributed by atoms with E-state index >= 15 is 0 Å². The van der Waals surface area contributed by atoms with Gasteiger partial charge in [0.1, 0.15) is 6.04 Å². The van der Waals surface area contributed by atoms with Crippen LogP contribution in [0, 0.1) is 6.92 Å². The predicted molar refractivity (Wildman–Crippen MR) is 89.4 cm³/mol. The van der Waals surface area contributed by atoms with Gasteiger partial charge in [-0.2, -0.15) is 4.98 Å². The number of aryl methyl sites for hydroxylation is 2. The van der Waals surface area contributed by atoms with E-state index in [1.54, 1.807) is 13.1 Å². The van der Waals surface area contributed by atoms with Gasteiger partial charge in [-0.1, -0.05) is 0 Å². The maximum absolute atomic E-state index is 12.5. The topological polar surface area (TPSA) is 141 Å². The molecule has 0 aliphatic heterocycles. The van der Waals surface area contributed by atoms with E-state index in [9.17, 15) is 24.3 Å². The maximum Gasteiger partial charge on any atom is 0.332 e. The van der Waals surface area contributed by atoms with Gasteiger partial charge in [0, 0.05) is 32.4 Å². The molecule has 3 aromatic heterocycles. The molecule has 0 aromatic carbocycles. The van der Waals surface area contributed by atoms with Gasteiger partial charge in [0.15, 0.2) is 11.2 Å². The van der Waals surface area contributed by atoms with Gasteiger partial charge < -0.3 is 10.2 Å². The molecule has 0 radical (unpaired) electrons. The fourth-order valence-corrected chi connectivity index (χ4v) is 3.11. The lowest BCUT2D eigenvalue weighted by Crippen LogP contribution is -2.37. The predicted octanol–water partition coefficient (Wildman–Crippen LogP) is -0.515. The van der Waals surface area contributed by atoms with Crippen molar-refractivity contribution in [1.29, 1.82) is 0 Å². The van der Waals surface area contributed by atoms with Gasteiger partial charge in [-0.3, -0.25) is 27.7 Å². The average Bonchev–Trinajstić information content (AvgIpc) is 3.06. The number of rotatable bonds is 5. The molecule has 0 unspecified atom stereocenters. The lowest BCUT2D eigenvalue weighted by molar-refractivity contribution is -0.142. The minimum atomic E-state index is -1.21. The summed E-state index contributed by atoms with van der Waals surface area (Å²) >= 11 is 0. The number of fused-ring (bicyclic) bond motifs is 3. The molecule has 2 N–H and O–H groups in total. The summed E-state index contributed by atoms with van der Waals surface area (Å²) in [7, 11) is 2.81. The van der Waals surface area contributed by atoms with Crippen molar-refractivity contribution in [3.05, 3.63) is 32.7 Å². The summed E-state index contributed by atoms with van der Waals surface area (Å²) in [5, 5.41) is 18.4. The zero-order chi connectivity index (χ0) is 19.3. The molecule has 0 saturated heterocycles. The Bertz CT molecular complexity index is 1180. The molecule has 0 amide bonds. The van der Waals surface area contributed by atoms with Crippen LogP contribution in [0.4, 0.5) is 0 Å². The highest BCUT2D eigenvalue weighted by Crippen LogP contribution is 2.24. The third-order valence-electron chi connectivity index (χ3n) is 4.41. The Labute approximate surface area is 145 Å². The molecule has 1 atom stereocenters. The van der Waals surface area contributed by atoms with Crippen molar-refractivity contribution in [3.8, 4) is 0 Å². The summed E-state index contributed by atoms with van der Waals surface area (Å²) in [5.41, 5.74) is -0.321. The maximum atomic E-state index is 12.5. The standard InChI is InChI=1S/C15H17N5O6/c1-7-6-19-10-11(17(2)15(26)18(3)12(10)23)16-14(19)20(7)8(13(24)25)4-5-9(21)22/h6,8H,4-5H2,1-3H3,(H,21,22)(H,24,25)/t8-/m1/s1. The zero-order valence-corrected chi connectivity index (χ0v) is 14.3. The molecular formula is C15H17N5O6. The highest BCUT2D eigenvalue weighted by molar-refractivity contribution is 5.78. The molecule has 0 fully saturated rings. The highest BCUT2D eigenvalue weighted by Gasteiger charge is 2.27. The van der Waals surface area contributed by atoms with Crippen molar-refractivity contribution in [2.45, 2.75) is 25.8 Å². The fourth-order valence-electron chi connectivity index (χ4n) is 3.11. The van der Waals surface area contributed by atoms with Gasteiger partial charge in [0.05, 0.1) is 0 Å². The van der Waals surface area contributed by atoms with Crippen LogP contribution < -0.4 is 11.2 Å². The monoisotopic (exact) mass is 363 g/mol. The number of hydrogen-bond acceptors (Lipinski definition) is 5. The van der Waals surface area contributed by atoms with E-state index in [1.165, 1.54) is 27.6 Å². The summed E-state index contributed by atoms with van der Waals surface area (Å²) in [6.45, 7) is 1.64.